The Kier molecular flexibility index (Phi) is 11.3. The summed E-state index contributed by atoms with van der Waals surface area (Å²) in [5, 5.41) is 37.4. The Hall–Kier alpha value is -1.27. The summed E-state index contributed by atoms with van der Waals surface area (Å²) in [7, 11) is 0. The van der Waals surface area contributed by atoms with Crippen LogP contribution in [0, 0.1) is 46.3 Å². The van der Waals surface area contributed by atoms with Crippen LogP contribution in [0.2, 0.25) is 0 Å². The number of aliphatic hydroxyl groups is 3. The van der Waals surface area contributed by atoms with Crippen LogP contribution < -0.4 is 10.6 Å². The lowest BCUT2D eigenvalue weighted by atomic mass is 9.47. The third-order valence-corrected chi connectivity index (χ3v) is 15.4. The van der Waals surface area contributed by atoms with Gasteiger partial charge in [0.15, 0.2) is 12.1 Å². The summed E-state index contributed by atoms with van der Waals surface area (Å²) in [5.74, 6) is 3.16. The number of allylic oxidation sites excluding steroid dienone is 1. The van der Waals surface area contributed by atoms with Gasteiger partial charge < -0.3 is 44.9 Å². The van der Waals surface area contributed by atoms with E-state index in [1.807, 2.05) is 0 Å². The highest BCUT2D eigenvalue weighted by Gasteiger charge is 2.68. The number of amides is 2. The van der Waals surface area contributed by atoms with Crippen LogP contribution in [0.25, 0.3) is 0 Å². The Bertz CT molecular complexity index is 1260. The van der Waals surface area contributed by atoms with E-state index in [0.717, 1.165) is 70.8 Å². The van der Waals surface area contributed by atoms with E-state index >= 15 is 0 Å². The van der Waals surface area contributed by atoms with Gasteiger partial charge in [-0.15, -0.1) is 0 Å². The highest BCUT2D eigenvalue weighted by molar-refractivity contribution is 5.74. The Balaban J connectivity index is 0.997. The monoisotopic (exact) mass is 716 g/mol. The van der Waals surface area contributed by atoms with Crippen molar-refractivity contribution in [1.82, 2.24) is 10.6 Å². The van der Waals surface area contributed by atoms with Gasteiger partial charge in [0.2, 0.25) is 0 Å². The van der Waals surface area contributed by atoms with Gasteiger partial charge in [-0.1, -0.05) is 72.0 Å². The van der Waals surface area contributed by atoms with Crippen LogP contribution in [0.5, 0.6) is 0 Å². The summed E-state index contributed by atoms with van der Waals surface area (Å²) < 4.78 is 26.1. The minimum atomic E-state index is -1.34. The zero-order chi connectivity index (χ0) is 36.1. The van der Waals surface area contributed by atoms with Crippen molar-refractivity contribution >= 4 is 6.03 Å². The molecule has 290 valence electrons. The third kappa shape index (κ3) is 6.84. The number of hydrogen-bond donors (Lipinski definition) is 5. The summed E-state index contributed by atoms with van der Waals surface area (Å²) in [6.45, 7) is 12.9. The molecule has 7 rings (SSSR count). The number of rotatable bonds is 10. The average molecular weight is 717 g/mol. The number of carbonyl (C=O) groups is 1. The van der Waals surface area contributed by atoms with E-state index < -0.39 is 43.3 Å². The molecule has 51 heavy (non-hydrogen) atoms. The second-order valence-corrected chi connectivity index (χ2v) is 18.3. The topological polar surface area (TPSA) is 139 Å². The van der Waals surface area contributed by atoms with Crippen molar-refractivity contribution in [3.8, 4) is 0 Å². The maximum absolute atomic E-state index is 12.9. The second-order valence-electron chi connectivity index (χ2n) is 18.3. The Labute approximate surface area is 306 Å². The summed E-state index contributed by atoms with van der Waals surface area (Å²) >= 11 is 0. The fourth-order valence-electron chi connectivity index (χ4n) is 12.4. The van der Waals surface area contributed by atoms with Crippen molar-refractivity contribution in [1.29, 1.82) is 0 Å². The molecule has 3 saturated carbocycles. The molecule has 2 amide bonds. The zero-order valence-electron chi connectivity index (χ0n) is 32.0. The SMILES string of the molecule is CCCCCCCNC(=O)N[C@H]1[C@H](O[C@H]2CC[C@@]3(C)C(=CC[C@H]4[C@@H]5C[C@@H]6O[C@]7(CC[C@@H](C)CO7)[C@@H](C)[C@@H]6[C@@]5(C)CC[C@@H]43)C2)O[C@H](CO)[C@@H](O)[C@@H]1O. The molecule has 0 radical (unpaired) electrons. The molecular formula is C41H68N2O8. The van der Waals surface area contributed by atoms with Crippen LogP contribution in [-0.4, -0.2) is 89.7 Å². The Morgan fingerprint density at radius 1 is 1.02 bits per heavy atom. The largest absolute Gasteiger partial charge is 0.394 e. The van der Waals surface area contributed by atoms with E-state index in [1.165, 1.54) is 31.3 Å². The van der Waals surface area contributed by atoms with Crippen LogP contribution >= 0.6 is 0 Å². The summed E-state index contributed by atoms with van der Waals surface area (Å²) in [6, 6.07) is -1.39. The molecule has 10 nitrogen and oxygen atoms in total. The van der Waals surface area contributed by atoms with Crippen molar-refractivity contribution in [3.63, 3.8) is 0 Å². The highest BCUT2D eigenvalue weighted by atomic mass is 16.7. The molecule has 0 aromatic heterocycles. The normalized spacial score (nSPS) is 49.0. The maximum atomic E-state index is 12.9. The summed E-state index contributed by atoms with van der Waals surface area (Å²) in [6.07, 6.45) is 13.0. The minimum absolute atomic E-state index is 0.115. The summed E-state index contributed by atoms with van der Waals surface area (Å²) in [5.41, 5.74) is 1.86. The zero-order valence-corrected chi connectivity index (χ0v) is 32.0. The van der Waals surface area contributed by atoms with E-state index in [4.69, 9.17) is 18.9 Å². The molecule has 0 aromatic carbocycles. The number of ether oxygens (including phenoxy) is 4. The standard InChI is InChI=1S/C41H68N2O8/c1-6-7-8-9-10-19-42-38(47)43-34-36(46)35(45)32(22-44)50-37(34)49-27-14-16-39(4)26(20-27)11-12-28-29(39)15-17-40(5)30(28)21-31-33(40)25(3)41(51-31)18-13-24(2)23-48-41/h11,24-25,27-37,44-46H,6-10,12-23H2,1-5H3,(H2,42,43,47)/t24-,25+,27+,28-,29+,30+,31+,32-,33+,34-,35-,36-,37-,39+,40+,41-/m1/s1. The van der Waals surface area contributed by atoms with Gasteiger partial charge in [-0.05, 0) is 98.2 Å². The molecule has 3 heterocycles. The van der Waals surface area contributed by atoms with E-state index in [2.05, 4.69) is 51.3 Å². The fraction of sp³-hybridized carbons (Fsp3) is 0.927. The van der Waals surface area contributed by atoms with Gasteiger partial charge in [0.05, 0.1) is 25.4 Å². The minimum Gasteiger partial charge on any atom is -0.394 e. The van der Waals surface area contributed by atoms with Crippen LogP contribution in [0.15, 0.2) is 11.6 Å². The lowest BCUT2D eigenvalue weighted by molar-refractivity contribution is -0.283. The van der Waals surface area contributed by atoms with Crippen molar-refractivity contribution in [2.24, 2.45) is 46.3 Å². The van der Waals surface area contributed by atoms with Crippen LogP contribution in [0.3, 0.4) is 0 Å². The first-order valence-corrected chi connectivity index (χ1v) is 20.8. The first kappa shape index (κ1) is 38.0. The average Bonchev–Trinajstić information content (AvgIpc) is 3.56. The maximum Gasteiger partial charge on any atom is 0.315 e. The van der Waals surface area contributed by atoms with Crippen molar-refractivity contribution in [2.75, 3.05) is 19.8 Å². The predicted molar refractivity (Wildman–Crippen MR) is 193 cm³/mol. The van der Waals surface area contributed by atoms with Gasteiger partial charge in [0.25, 0.3) is 0 Å². The van der Waals surface area contributed by atoms with Crippen molar-refractivity contribution in [3.05, 3.63) is 11.6 Å². The van der Waals surface area contributed by atoms with Crippen molar-refractivity contribution in [2.45, 2.75) is 173 Å². The number of aliphatic hydroxyl groups excluding tert-OH is 3. The molecular weight excluding hydrogens is 648 g/mol. The molecule has 0 unspecified atom stereocenters. The fourth-order valence-corrected chi connectivity index (χ4v) is 12.4. The van der Waals surface area contributed by atoms with Gasteiger partial charge in [-0.3, -0.25) is 0 Å². The van der Waals surface area contributed by atoms with E-state index in [9.17, 15) is 20.1 Å². The van der Waals surface area contributed by atoms with Gasteiger partial charge in [-0.2, -0.15) is 0 Å². The van der Waals surface area contributed by atoms with Crippen LogP contribution in [-0.2, 0) is 18.9 Å². The molecule has 3 aliphatic heterocycles. The first-order chi connectivity index (χ1) is 24.4. The first-order valence-electron chi connectivity index (χ1n) is 20.8. The Morgan fingerprint density at radius 2 is 1.82 bits per heavy atom. The summed E-state index contributed by atoms with van der Waals surface area (Å²) in [4.78, 5) is 12.9. The molecule has 6 fully saturated rings. The smallest absolute Gasteiger partial charge is 0.315 e. The van der Waals surface area contributed by atoms with E-state index in [1.54, 1.807) is 0 Å². The third-order valence-electron chi connectivity index (χ3n) is 15.4. The predicted octanol–water partition coefficient (Wildman–Crippen LogP) is 5.82. The molecule has 7 aliphatic rings. The van der Waals surface area contributed by atoms with Gasteiger partial charge in [0, 0.05) is 18.9 Å². The molecule has 0 aromatic rings. The number of fused-ring (bicyclic) bond motifs is 7. The van der Waals surface area contributed by atoms with Crippen molar-refractivity contribution < 1.29 is 39.1 Å². The molecule has 1 spiro atoms. The number of carbonyl (C=O) groups excluding carboxylic acids is 1. The van der Waals surface area contributed by atoms with Gasteiger partial charge >= 0.3 is 6.03 Å². The van der Waals surface area contributed by atoms with E-state index in [0.29, 0.717) is 48.2 Å². The molecule has 3 saturated heterocycles. The quantitative estimate of drug-likeness (QED) is 0.141. The molecule has 0 bridgehead atoms. The molecule has 10 heteroatoms. The molecule has 4 aliphatic carbocycles. The number of unbranched alkanes of at least 4 members (excludes halogenated alkanes) is 4. The lowest BCUT2D eigenvalue weighted by Crippen LogP contribution is -2.66. The van der Waals surface area contributed by atoms with Gasteiger partial charge in [0.1, 0.15) is 24.4 Å². The van der Waals surface area contributed by atoms with E-state index in [-0.39, 0.29) is 22.7 Å². The number of nitrogens with one attached hydrogen (secondary N) is 2. The molecule has 5 N–H and O–H groups in total. The van der Waals surface area contributed by atoms with Crippen LogP contribution in [0.1, 0.15) is 125 Å². The van der Waals surface area contributed by atoms with Crippen LogP contribution in [0.4, 0.5) is 4.79 Å². The molecule has 16 atom stereocenters. The number of urea groups is 1. The highest BCUT2D eigenvalue weighted by Crippen LogP contribution is 2.70. The lowest BCUT2D eigenvalue weighted by Gasteiger charge is -2.58. The Morgan fingerprint density at radius 3 is 2.57 bits per heavy atom. The van der Waals surface area contributed by atoms with Gasteiger partial charge in [-0.25, -0.2) is 4.79 Å². The number of hydrogen-bond acceptors (Lipinski definition) is 8. The second kappa shape index (κ2) is 15.1.